The molecule has 0 saturated carbocycles. The van der Waals surface area contributed by atoms with Gasteiger partial charge in [-0.05, 0) is 36.1 Å². The largest absolute Gasteiger partial charge is 0.451 e. The van der Waals surface area contributed by atoms with Crippen LogP contribution in [0.25, 0.3) is 0 Å². The molecule has 0 aliphatic heterocycles. The Balaban J connectivity index is 1.92. The van der Waals surface area contributed by atoms with Gasteiger partial charge in [-0.1, -0.05) is 0 Å². The van der Waals surface area contributed by atoms with E-state index in [1.54, 1.807) is 18.4 Å². The lowest BCUT2D eigenvalue weighted by molar-refractivity contribution is -0.119. The fourth-order valence-corrected chi connectivity index (χ4v) is 2.38. The molecule has 2 rings (SSSR count). The lowest BCUT2D eigenvalue weighted by Gasteiger charge is -2.07. The van der Waals surface area contributed by atoms with Crippen LogP contribution in [0.15, 0.2) is 29.6 Å². The fourth-order valence-electron chi connectivity index (χ4n) is 1.56. The molecular weight excluding hydrogens is 300 g/mol. The summed E-state index contributed by atoms with van der Waals surface area (Å²) in [5, 5.41) is 3.87. The van der Waals surface area contributed by atoms with Gasteiger partial charge in [0.05, 0.1) is 5.69 Å². The normalized spacial score (nSPS) is 10.2. The first-order valence-corrected chi connectivity index (χ1v) is 6.81. The third-order valence-corrected chi connectivity index (χ3v) is 3.58. The maximum Gasteiger partial charge on any atom is 0.349 e. The standard InChI is InChI=1S/C14H11F2NO3S/c1-8-4-5-21-13(8)14(19)20-7-12(18)17-11-6-9(15)2-3-10(11)16/h2-6H,7H2,1H3,(H,17,18). The van der Waals surface area contributed by atoms with Crippen LogP contribution in [-0.4, -0.2) is 18.5 Å². The number of carbonyl (C=O) groups excluding carboxylic acids is 2. The van der Waals surface area contributed by atoms with Crippen LogP contribution in [0.2, 0.25) is 0 Å². The second-order valence-electron chi connectivity index (χ2n) is 4.18. The van der Waals surface area contributed by atoms with Crippen LogP contribution in [0, 0.1) is 18.6 Å². The van der Waals surface area contributed by atoms with E-state index in [-0.39, 0.29) is 5.69 Å². The molecule has 0 aliphatic carbocycles. The minimum Gasteiger partial charge on any atom is -0.451 e. The van der Waals surface area contributed by atoms with Crippen molar-refractivity contribution in [3.05, 3.63) is 51.7 Å². The molecule has 0 spiro atoms. The molecule has 1 amide bonds. The Hall–Kier alpha value is -2.28. The van der Waals surface area contributed by atoms with E-state index in [1.165, 1.54) is 11.3 Å². The van der Waals surface area contributed by atoms with Gasteiger partial charge in [-0.25, -0.2) is 13.6 Å². The third kappa shape index (κ3) is 3.85. The Bertz CT molecular complexity index is 685. The Morgan fingerprint density at radius 3 is 2.71 bits per heavy atom. The number of halogens is 2. The monoisotopic (exact) mass is 311 g/mol. The Kier molecular flexibility index (Phi) is 4.64. The van der Waals surface area contributed by atoms with E-state index >= 15 is 0 Å². The zero-order chi connectivity index (χ0) is 15.4. The molecule has 0 aliphatic rings. The zero-order valence-corrected chi connectivity index (χ0v) is 11.8. The summed E-state index contributed by atoms with van der Waals surface area (Å²) in [7, 11) is 0. The van der Waals surface area contributed by atoms with Gasteiger partial charge in [-0.3, -0.25) is 4.79 Å². The summed E-state index contributed by atoms with van der Waals surface area (Å²) >= 11 is 1.20. The third-order valence-electron chi connectivity index (χ3n) is 2.58. The Morgan fingerprint density at radius 2 is 2.05 bits per heavy atom. The van der Waals surface area contributed by atoms with Crippen molar-refractivity contribution in [2.24, 2.45) is 0 Å². The number of rotatable bonds is 4. The van der Waals surface area contributed by atoms with Crippen molar-refractivity contribution in [1.29, 1.82) is 0 Å². The van der Waals surface area contributed by atoms with Crippen molar-refractivity contribution in [2.75, 3.05) is 11.9 Å². The van der Waals surface area contributed by atoms with E-state index in [4.69, 9.17) is 4.74 Å². The first kappa shape index (κ1) is 15.1. The van der Waals surface area contributed by atoms with Crippen molar-refractivity contribution in [3.63, 3.8) is 0 Å². The highest BCUT2D eigenvalue weighted by atomic mass is 32.1. The molecule has 2 aromatic rings. The highest BCUT2D eigenvalue weighted by molar-refractivity contribution is 7.12. The minimum absolute atomic E-state index is 0.302. The number of ether oxygens (including phenoxy) is 1. The molecule has 1 aromatic carbocycles. The van der Waals surface area contributed by atoms with Gasteiger partial charge >= 0.3 is 5.97 Å². The van der Waals surface area contributed by atoms with Crippen LogP contribution in [0.3, 0.4) is 0 Å². The van der Waals surface area contributed by atoms with Crippen LogP contribution in [0.5, 0.6) is 0 Å². The number of amides is 1. The Morgan fingerprint density at radius 1 is 1.29 bits per heavy atom. The van der Waals surface area contributed by atoms with Crippen molar-refractivity contribution in [1.82, 2.24) is 0 Å². The average molecular weight is 311 g/mol. The summed E-state index contributed by atoms with van der Waals surface area (Å²) in [6, 6.07) is 4.43. The summed E-state index contributed by atoms with van der Waals surface area (Å²) < 4.78 is 31.1. The second-order valence-corrected chi connectivity index (χ2v) is 5.10. The lowest BCUT2D eigenvalue weighted by Crippen LogP contribution is -2.21. The number of benzene rings is 1. The number of hydrogen-bond acceptors (Lipinski definition) is 4. The number of hydrogen-bond donors (Lipinski definition) is 1. The van der Waals surface area contributed by atoms with Gasteiger partial charge in [0, 0.05) is 6.07 Å². The van der Waals surface area contributed by atoms with E-state index in [9.17, 15) is 18.4 Å². The number of thiophene rings is 1. The molecule has 0 atom stereocenters. The van der Waals surface area contributed by atoms with Crippen LogP contribution in [0.4, 0.5) is 14.5 Å². The predicted molar refractivity (Wildman–Crippen MR) is 74.3 cm³/mol. The van der Waals surface area contributed by atoms with E-state index < -0.39 is 30.1 Å². The Labute approximate surface area is 123 Å². The van der Waals surface area contributed by atoms with Gasteiger partial charge in [0.25, 0.3) is 5.91 Å². The van der Waals surface area contributed by atoms with E-state index in [0.29, 0.717) is 4.88 Å². The van der Waals surface area contributed by atoms with Gasteiger partial charge in [0.15, 0.2) is 6.61 Å². The van der Waals surface area contributed by atoms with Gasteiger partial charge in [-0.2, -0.15) is 0 Å². The van der Waals surface area contributed by atoms with Crippen molar-refractivity contribution >= 4 is 28.9 Å². The van der Waals surface area contributed by atoms with Crippen LogP contribution < -0.4 is 5.32 Å². The number of aryl methyl sites for hydroxylation is 1. The first-order valence-electron chi connectivity index (χ1n) is 5.93. The van der Waals surface area contributed by atoms with Gasteiger partial charge in [0.1, 0.15) is 16.5 Å². The summed E-state index contributed by atoms with van der Waals surface area (Å²) in [5.74, 6) is -2.83. The van der Waals surface area contributed by atoms with Crippen molar-refractivity contribution < 1.29 is 23.1 Å². The molecular formula is C14H11F2NO3S. The minimum atomic E-state index is -0.773. The fraction of sp³-hybridized carbons (Fsp3) is 0.143. The lowest BCUT2D eigenvalue weighted by atomic mass is 10.3. The number of anilines is 1. The van der Waals surface area contributed by atoms with E-state index in [2.05, 4.69) is 5.32 Å². The summed E-state index contributed by atoms with van der Waals surface area (Å²) in [5.41, 5.74) is 0.449. The number of esters is 1. The topological polar surface area (TPSA) is 55.4 Å². The highest BCUT2D eigenvalue weighted by Gasteiger charge is 2.15. The molecule has 7 heteroatoms. The predicted octanol–water partition coefficient (Wildman–Crippen LogP) is 3.13. The zero-order valence-electron chi connectivity index (χ0n) is 11.0. The molecule has 4 nitrogen and oxygen atoms in total. The molecule has 0 fully saturated rings. The molecule has 110 valence electrons. The number of carbonyl (C=O) groups is 2. The second kappa shape index (κ2) is 6.45. The summed E-state index contributed by atoms with van der Waals surface area (Å²) in [6.07, 6.45) is 0. The first-order chi connectivity index (χ1) is 9.97. The van der Waals surface area contributed by atoms with Crippen molar-refractivity contribution in [3.8, 4) is 0 Å². The van der Waals surface area contributed by atoms with E-state index in [0.717, 1.165) is 23.8 Å². The van der Waals surface area contributed by atoms with Crippen LogP contribution in [0.1, 0.15) is 15.2 Å². The maximum absolute atomic E-state index is 13.3. The van der Waals surface area contributed by atoms with Gasteiger partial charge < -0.3 is 10.1 Å². The molecule has 0 radical (unpaired) electrons. The van der Waals surface area contributed by atoms with Crippen LogP contribution >= 0.6 is 11.3 Å². The molecule has 0 bridgehead atoms. The summed E-state index contributed by atoms with van der Waals surface area (Å²) in [4.78, 5) is 23.6. The molecule has 21 heavy (non-hydrogen) atoms. The maximum atomic E-state index is 13.3. The SMILES string of the molecule is Cc1ccsc1C(=O)OCC(=O)Nc1cc(F)ccc1F. The summed E-state index contributed by atoms with van der Waals surface area (Å²) in [6.45, 7) is 1.17. The van der Waals surface area contributed by atoms with Crippen LogP contribution in [-0.2, 0) is 9.53 Å². The molecule has 0 saturated heterocycles. The van der Waals surface area contributed by atoms with Gasteiger partial charge in [-0.15, -0.1) is 11.3 Å². The average Bonchev–Trinajstić information content (AvgIpc) is 2.86. The molecule has 1 aromatic heterocycles. The molecule has 1 N–H and O–H groups in total. The van der Waals surface area contributed by atoms with Crippen molar-refractivity contribution in [2.45, 2.75) is 6.92 Å². The smallest absolute Gasteiger partial charge is 0.349 e. The molecule has 0 unspecified atom stereocenters. The highest BCUT2D eigenvalue weighted by Crippen LogP contribution is 2.17. The van der Waals surface area contributed by atoms with Gasteiger partial charge in [0.2, 0.25) is 0 Å². The van der Waals surface area contributed by atoms with E-state index in [1.807, 2.05) is 0 Å². The molecule has 1 heterocycles. The quantitative estimate of drug-likeness (QED) is 0.883. The number of nitrogens with one attached hydrogen (secondary N) is 1.